The van der Waals surface area contributed by atoms with Crippen LogP contribution in [-0.2, 0) is 81.9 Å². The van der Waals surface area contributed by atoms with Gasteiger partial charge in [0.1, 0.15) is 50.1 Å². The van der Waals surface area contributed by atoms with Gasteiger partial charge in [0.15, 0.2) is 30.4 Å². The highest BCUT2D eigenvalue weighted by Crippen LogP contribution is 2.42. The normalized spacial score (nSPS) is 15.7. The van der Waals surface area contributed by atoms with E-state index >= 15 is 0 Å². The van der Waals surface area contributed by atoms with E-state index in [1.807, 2.05) is 0 Å². The van der Waals surface area contributed by atoms with Crippen molar-refractivity contribution in [3.63, 3.8) is 0 Å². The molecule has 0 saturated heterocycles. The molecule has 0 amide bonds. The van der Waals surface area contributed by atoms with Gasteiger partial charge in [-0.25, -0.2) is 101 Å². The van der Waals surface area contributed by atoms with E-state index < -0.39 is 285 Å². The maximum atomic E-state index is 14.4. The topological polar surface area (TPSA) is 343 Å². The number of nitrogens with one attached hydrogen (secondary N) is 4. The van der Waals surface area contributed by atoms with Gasteiger partial charge < -0.3 is 15.2 Å². The van der Waals surface area contributed by atoms with Crippen LogP contribution in [0.3, 0.4) is 0 Å². The van der Waals surface area contributed by atoms with Crippen LogP contribution >= 0.6 is 112 Å². The van der Waals surface area contributed by atoms with E-state index in [1.165, 1.54) is 120 Å². The number of halogens is 32. The van der Waals surface area contributed by atoms with Crippen molar-refractivity contribution < 1.29 is 155 Å². The molecule has 7 aromatic heterocycles. The summed E-state index contributed by atoms with van der Waals surface area (Å²) in [5.41, 5.74) is -13.7. The molecule has 812 valence electrons. The maximum absolute atomic E-state index is 14.4. The summed E-state index contributed by atoms with van der Waals surface area (Å²) >= 11 is 21.2. The highest BCUT2D eigenvalue weighted by atomic mass is 79.9. The molecule has 24 nitrogen and oxygen atoms in total. The third-order valence-corrected chi connectivity index (χ3v) is 28.9. The predicted octanol–water partition coefficient (Wildman–Crippen LogP) is 22.3. The molecule has 0 aliphatic rings. The van der Waals surface area contributed by atoms with Gasteiger partial charge >= 0.3 is 24.7 Å². The van der Waals surface area contributed by atoms with Crippen LogP contribution in [-0.4, -0.2) is 215 Å². The molecule has 6 N–H and O–H groups in total. The minimum atomic E-state index is -5.25. The van der Waals surface area contributed by atoms with Crippen LogP contribution in [0.15, 0.2) is 127 Å². The first-order valence-electron chi connectivity index (χ1n) is 40.1. The Bertz CT molecular complexity index is 5560. The van der Waals surface area contributed by atoms with Crippen molar-refractivity contribution in [2.75, 3.05) is 54.1 Å². The Morgan fingerprint density at radius 3 is 0.854 bits per heavy atom. The number of Topliss-reactive ketones (excluding diaryl/α,β-unsaturated/α-hetero) is 3. The van der Waals surface area contributed by atoms with Crippen molar-refractivity contribution in [2.24, 2.45) is 9.50 Å². The standard InChI is InChI=1S/C16H22BrF5N4OS.2C14H18BrF5N2O2S.C14H16BrF5N2O2S.C11H13BrF2N2OS.C7H4BrF2NO.C7H5BrFNO/c1-14(2,3)28(27)25-15(9-18,11-6-10(17)8-23-13(11)19)7-12(16(20,21)22)24-26(4)5;3*1-12(2,3)25(24)22-13(7-16,5-10(23)14(18,19)20)9-4-8(15)6-21-11(9)17;1-11(2,3)18(17)16-9(5-13)8-4-7(12)6-15-10(8)14;8-4-1-5(6(12)2-9)7(10)11-3-4;1-4(11)6-2-5(8)3-10-7(6)9/h6,8,25H,7,9H2,1-5H3;2*4,6,10,22-23H,5,7H2,1-3H3;4,6,22H,5,7H2,1-3H3;4,6H,5H2,1-3H3;1,3H,2H2;2-3H,1H3/b24-12-;;;;;;/t15-,28-;10-,13+,25+;10-,13-,25-;13-,25-;18-;;/m10111../s1. The molecule has 0 saturated carbocycles. The quantitative estimate of drug-likeness (QED) is 0.00773. The fraction of sp³-hybridized carbons (Fsp3) is 0.518. The molecule has 0 radical (unpaired) electrons. The van der Waals surface area contributed by atoms with E-state index in [0.29, 0.717) is 13.4 Å². The second kappa shape index (κ2) is 57.1. The zero-order valence-electron chi connectivity index (χ0n) is 78.6. The third-order valence-electron chi connectivity index (χ3n) is 17.7. The number of aromatic nitrogens is 7. The van der Waals surface area contributed by atoms with Crippen molar-refractivity contribution in [2.45, 2.75) is 219 Å². The minimum absolute atomic E-state index is 0.0133. The molecule has 7 rings (SSSR count). The Labute approximate surface area is 882 Å². The van der Waals surface area contributed by atoms with E-state index in [2.05, 4.69) is 175 Å². The summed E-state index contributed by atoms with van der Waals surface area (Å²) < 4.78 is 404. The van der Waals surface area contributed by atoms with E-state index in [0.717, 1.165) is 54.1 Å². The van der Waals surface area contributed by atoms with Crippen molar-refractivity contribution in [3.05, 3.63) is 198 Å². The fourth-order valence-corrected chi connectivity index (χ4v) is 16.6. The van der Waals surface area contributed by atoms with Crippen molar-refractivity contribution in [1.29, 1.82) is 0 Å². The number of carbonyl (C=O) groups excluding carboxylic acids is 3. The lowest BCUT2D eigenvalue weighted by atomic mass is 9.87. The molecule has 7 aromatic rings. The second-order valence-electron chi connectivity index (χ2n) is 35.1. The van der Waals surface area contributed by atoms with E-state index in [9.17, 15) is 155 Å². The molecule has 144 heavy (non-hydrogen) atoms. The van der Waals surface area contributed by atoms with Gasteiger partial charge in [-0.3, -0.25) is 14.4 Å². The molecule has 0 aromatic carbocycles. The van der Waals surface area contributed by atoms with Crippen LogP contribution in [0.5, 0.6) is 0 Å². The lowest BCUT2D eigenvalue weighted by Crippen LogP contribution is -2.53. The Kier molecular flexibility index (Phi) is 54.1. The smallest absolute Gasteiger partial charge is 0.384 e. The number of nitrogens with zero attached hydrogens (tertiary/aromatic N) is 10. The first-order valence-corrected chi connectivity index (χ1v) is 51.4. The highest BCUT2D eigenvalue weighted by Gasteiger charge is 2.53. The molecule has 0 spiro atoms. The summed E-state index contributed by atoms with van der Waals surface area (Å²) in [6, 6.07) is 8.15. The van der Waals surface area contributed by atoms with Gasteiger partial charge in [-0.1, -0.05) is 0 Å². The van der Waals surface area contributed by atoms with E-state index in [4.69, 9.17) is 0 Å². The molecular formula is C83H96Br7F25N14O10S5. The number of hydrazone groups is 1. The number of hydrogen-bond donors (Lipinski definition) is 6. The number of aliphatic hydroxyl groups excluding tert-OH is 2. The Balaban J connectivity index is 0.000000855. The molecule has 0 unspecified atom stereocenters. The maximum Gasteiger partial charge on any atom is 0.450 e. The lowest BCUT2D eigenvalue weighted by Gasteiger charge is -2.36. The Hall–Kier alpha value is -5.68. The number of aliphatic hydroxyl groups is 2. The van der Waals surface area contributed by atoms with Crippen molar-refractivity contribution in [3.8, 4) is 0 Å². The van der Waals surface area contributed by atoms with Crippen molar-refractivity contribution in [1.82, 2.24) is 58.8 Å². The number of carbonyl (C=O) groups is 3. The molecular weight excluding hydrogens is 2550 g/mol. The molecule has 61 heteroatoms. The first kappa shape index (κ1) is 136. The SMILES string of the molecule is CC(=O)c1cc(Br)cnc1F.CC(C)(C)[S@@](=O)N=C(CF)c1cc(Br)cnc1F.CC(C)(C)[S@@](=O)N[C@@](CF)(CC(=O)C(F)(F)F)c1cc(Br)cnc1F.CC(C)(C)[S@@](=O)N[C@@](CF)(C[C@@H](O)C(F)(F)F)c1cc(Br)cnc1F.CC(C)(C)[S@@](=O)N[C@@](CF)(C[C@H](O)C(F)(F)F)c1cc(Br)cnc1F.CN(C)/N=C(/C[C@](CF)(N[S@](=O)C(C)(C)C)c1cc(Br)cnc1F)C(F)(F)F.O=C(CF)c1cc(Br)cnc1F. The summed E-state index contributed by atoms with van der Waals surface area (Å²) in [6.07, 6.45) is -23.3. The monoisotopic (exact) mass is 2640 g/mol. The fourth-order valence-electron chi connectivity index (χ4n) is 10.1. The Morgan fingerprint density at radius 1 is 0.368 bits per heavy atom. The van der Waals surface area contributed by atoms with Crippen LogP contribution in [0.25, 0.3) is 0 Å². The molecule has 0 fully saturated rings. The number of pyridine rings is 7. The molecule has 0 bridgehead atoms. The van der Waals surface area contributed by atoms with Gasteiger partial charge in [-0.05, 0) is 265 Å². The lowest BCUT2D eigenvalue weighted by molar-refractivity contribution is -0.210. The van der Waals surface area contributed by atoms with Crippen LogP contribution < -0.4 is 18.9 Å². The second-order valence-corrected chi connectivity index (χ2v) is 51.3. The summed E-state index contributed by atoms with van der Waals surface area (Å²) in [4.78, 5) is 56.4. The summed E-state index contributed by atoms with van der Waals surface area (Å²) in [6.45, 7) is 16.2. The van der Waals surface area contributed by atoms with Crippen LogP contribution in [0.1, 0.15) is 185 Å². The number of alkyl halides is 18. The average molecular weight is 2640 g/mol. The van der Waals surface area contributed by atoms with Crippen LogP contribution in [0.4, 0.5) is 110 Å². The zero-order valence-corrected chi connectivity index (χ0v) is 93.8. The number of ketones is 3. The van der Waals surface area contributed by atoms with E-state index in [-0.39, 0.29) is 46.1 Å². The molecule has 0 aliphatic carbocycles. The van der Waals surface area contributed by atoms with Gasteiger partial charge in [0.25, 0.3) is 0 Å². The average Bonchev–Trinajstić information content (AvgIpc) is 0.780. The van der Waals surface area contributed by atoms with Gasteiger partial charge in [0, 0.05) is 137 Å². The van der Waals surface area contributed by atoms with E-state index in [1.54, 1.807) is 41.5 Å². The van der Waals surface area contributed by atoms with Gasteiger partial charge in [-0.15, -0.1) is 0 Å². The summed E-state index contributed by atoms with van der Waals surface area (Å²) in [5, 5.41) is 23.1. The summed E-state index contributed by atoms with van der Waals surface area (Å²) in [7, 11) is -7.29. The Morgan fingerprint density at radius 2 is 0.618 bits per heavy atom. The van der Waals surface area contributed by atoms with Crippen molar-refractivity contribution >= 4 is 195 Å². The number of hydrogen-bond acceptors (Lipinski definition) is 19. The zero-order chi connectivity index (χ0) is 112. The highest BCUT2D eigenvalue weighted by molar-refractivity contribution is 9.11. The molecule has 7 heterocycles. The third kappa shape index (κ3) is 43.6. The number of rotatable bonds is 31. The largest absolute Gasteiger partial charge is 0.450 e. The van der Waals surface area contributed by atoms with Crippen LogP contribution in [0.2, 0.25) is 0 Å². The predicted molar refractivity (Wildman–Crippen MR) is 520 cm³/mol. The van der Waals surface area contributed by atoms with Gasteiger partial charge in [0.2, 0.25) is 47.4 Å². The minimum Gasteiger partial charge on any atom is -0.384 e. The molecule has 11 atom stereocenters. The van der Waals surface area contributed by atoms with Crippen LogP contribution in [0, 0.1) is 41.6 Å². The summed E-state index contributed by atoms with van der Waals surface area (Å²) in [5.74, 6) is -10.9. The molecule has 0 aliphatic heterocycles. The van der Waals surface area contributed by atoms with Gasteiger partial charge in [-0.2, -0.15) is 92.9 Å². The first-order chi connectivity index (χ1) is 65.3. The van der Waals surface area contributed by atoms with Gasteiger partial charge in [0.05, 0.1) is 112 Å².